The number of hydrogen-bond acceptors (Lipinski definition) is 7. The van der Waals surface area contributed by atoms with Crippen LogP contribution in [0.3, 0.4) is 0 Å². The van der Waals surface area contributed by atoms with Crippen molar-refractivity contribution in [2.24, 2.45) is 0 Å². The van der Waals surface area contributed by atoms with Crippen LogP contribution in [0.15, 0.2) is 72.8 Å². The van der Waals surface area contributed by atoms with Gasteiger partial charge in [-0.15, -0.1) is 23.2 Å². The molecule has 0 atom stereocenters. The number of halogens is 2. The number of nitrogens with zero attached hydrogens (tertiary/aromatic N) is 3. The van der Waals surface area contributed by atoms with Crippen LogP contribution in [0.1, 0.15) is 40.7 Å². The normalized spacial score (nSPS) is 11.5. The van der Waals surface area contributed by atoms with Gasteiger partial charge in [-0.2, -0.15) is 0 Å². The fraction of sp³-hybridized carbons (Fsp3) is 0.222. The Labute approximate surface area is 243 Å². The zero-order chi connectivity index (χ0) is 27.2. The first-order chi connectivity index (χ1) is 17.8. The third kappa shape index (κ3) is 10.7. The van der Waals surface area contributed by atoms with E-state index in [9.17, 15) is 19.8 Å². The number of carbonyl (C=O) groups excluding carboxylic acids is 2. The number of alkyl halides is 2. The van der Waals surface area contributed by atoms with Gasteiger partial charge in [-0.3, -0.25) is 5.41 Å². The van der Waals surface area contributed by atoms with Crippen LogP contribution in [0.5, 0.6) is 0 Å². The smallest absolute Gasteiger partial charge is 0.543 e. The first-order valence-electron chi connectivity index (χ1n) is 11.3. The van der Waals surface area contributed by atoms with Gasteiger partial charge >= 0.3 is 19.5 Å². The Kier molecular flexibility index (Phi) is 15.1. The molecule has 4 aromatic rings. The maximum Gasteiger partial charge on any atom is 2.00 e. The number of pyridine rings is 2. The largest absolute Gasteiger partial charge is 2.00 e. The van der Waals surface area contributed by atoms with Crippen molar-refractivity contribution in [2.45, 2.75) is 19.8 Å². The van der Waals surface area contributed by atoms with E-state index in [1.807, 2.05) is 43.3 Å². The number of amidine groups is 1. The van der Waals surface area contributed by atoms with Crippen LogP contribution in [0, 0.1) is 5.41 Å². The minimum absolute atomic E-state index is 0. The number of aromatic nitrogens is 2. The summed E-state index contributed by atoms with van der Waals surface area (Å²) in [5, 5.41) is 30.2. The number of para-hydroxylation sites is 2. The van der Waals surface area contributed by atoms with E-state index in [2.05, 4.69) is 14.9 Å². The Balaban J connectivity index is 0.000000274. The molecule has 1 aliphatic rings. The first-order valence-corrected chi connectivity index (χ1v) is 12.4. The second kappa shape index (κ2) is 17.4. The quantitative estimate of drug-likeness (QED) is 0.159. The predicted molar refractivity (Wildman–Crippen MR) is 143 cm³/mol. The molecule has 1 aliphatic heterocycles. The van der Waals surface area contributed by atoms with Crippen molar-refractivity contribution in [1.82, 2.24) is 14.9 Å². The van der Waals surface area contributed by atoms with Crippen molar-refractivity contribution < 1.29 is 39.3 Å². The molecule has 0 saturated carbocycles. The number of hydrogen-bond donors (Lipinski definition) is 1. The molecular weight excluding hydrogens is 581 g/mol. The number of carboxylic acid groups (broad SMARTS) is 2. The third-order valence-electron chi connectivity index (χ3n) is 5.20. The topological polar surface area (TPSA) is 133 Å². The molecule has 38 heavy (non-hydrogen) atoms. The Hall–Kier alpha value is -3.13. The number of fused-ring (bicyclic) bond motifs is 2. The number of carbonyl (C=O) groups is 2. The molecule has 1 N–H and O–H groups in total. The summed E-state index contributed by atoms with van der Waals surface area (Å²) in [6, 6.07) is 21.0. The van der Waals surface area contributed by atoms with Gasteiger partial charge in [0.2, 0.25) is 0 Å². The maximum absolute atomic E-state index is 10.5. The number of likely N-dealkylation sites (tertiary alicyclic amines) is 1. The number of carboxylic acids is 2. The van der Waals surface area contributed by atoms with Crippen LogP contribution < -0.4 is 10.2 Å². The van der Waals surface area contributed by atoms with Gasteiger partial charge < -0.3 is 24.7 Å². The summed E-state index contributed by atoms with van der Waals surface area (Å²) in [6.07, 6.45) is 2.55. The molecule has 1 fully saturated rings. The Bertz CT molecular complexity index is 1260. The average molecular weight is 607 g/mol. The molecule has 0 spiro atoms. The summed E-state index contributed by atoms with van der Waals surface area (Å²) in [6.45, 7) is 4.07. The Morgan fingerprint density at radius 2 is 1.16 bits per heavy atom. The molecule has 2 aromatic heterocycles. The minimum atomic E-state index is -1.24. The number of benzene rings is 2. The van der Waals surface area contributed by atoms with E-state index in [0.29, 0.717) is 11.0 Å². The van der Waals surface area contributed by atoms with Gasteiger partial charge in [0, 0.05) is 23.9 Å². The van der Waals surface area contributed by atoms with E-state index in [0.717, 1.165) is 29.7 Å². The van der Waals surface area contributed by atoms with Gasteiger partial charge in [0.1, 0.15) is 0 Å². The van der Waals surface area contributed by atoms with E-state index in [1.54, 1.807) is 24.3 Å². The van der Waals surface area contributed by atoms with E-state index in [-0.39, 0.29) is 36.2 Å². The summed E-state index contributed by atoms with van der Waals surface area (Å²) in [5.74, 6) is -1.76. The standard InChI is InChI=1S/2C10H7NO2.C6H12N2.CH2Cl2.Zn/c2*12-10(13)9-6-5-7-3-1-2-4-8(7)11-9;1-6(7)8-4-2-3-5-8;2-1-3;/h2*1-6H,(H,12,13);7H,2-5H2,1H3;1H2;/q;;;;+2/p-2. The van der Waals surface area contributed by atoms with Gasteiger partial charge in [0.05, 0.1) is 45.5 Å². The van der Waals surface area contributed by atoms with Crippen molar-refractivity contribution in [3.8, 4) is 0 Å². The van der Waals surface area contributed by atoms with Crippen LogP contribution in [-0.2, 0) is 19.5 Å². The monoisotopic (exact) mass is 604 g/mol. The molecule has 0 radical (unpaired) electrons. The van der Waals surface area contributed by atoms with E-state index < -0.39 is 11.9 Å². The number of rotatable bonds is 2. The van der Waals surface area contributed by atoms with Crippen LogP contribution in [0.25, 0.3) is 21.8 Å². The van der Waals surface area contributed by atoms with Gasteiger partial charge in [-0.25, -0.2) is 9.97 Å². The van der Waals surface area contributed by atoms with Crippen molar-refractivity contribution >= 4 is 62.8 Å². The van der Waals surface area contributed by atoms with Gasteiger partial charge in [-0.1, -0.05) is 48.5 Å². The zero-order valence-electron chi connectivity index (χ0n) is 20.9. The molecule has 3 heterocycles. The van der Waals surface area contributed by atoms with Gasteiger partial charge in [0.25, 0.3) is 0 Å². The summed E-state index contributed by atoms with van der Waals surface area (Å²) in [7, 11) is 0. The maximum atomic E-state index is 10.5. The fourth-order valence-corrected chi connectivity index (χ4v) is 3.41. The van der Waals surface area contributed by atoms with E-state index >= 15 is 0 Å². The molecular formula is C27H26Cl2N4O4Zn. The summed E-state index contributed by atoms with van der Waals surface area (Å²) >= 11 is 9.53. The summed E-state index contributed by atoms with van der Waals surface area (Å²) in [4.78, 5) is 30.9. The van der Waals surface area contributed by atoms with Gasteiger partial charge in [0.15, 0.2) is 0 Å². The number of nitrogens with one attached hydrogen (secondary N) is 1. The van der Waals surface area contributed by atoms with Crippen LogP contribution >= 0.6 is 23.2 Å². The Morgan fingerprint density at radius 1 is 0.789 bits per heavy atom. The third-order valence-corrected chi connectivity index (χ3v) is 5.20. The first kappa shape index (κ1) is 32.9. The molecule has 0 unspecified atom stereocenters. The molecule has 0 aliphatic carbocycles. The molecule has 2 aromatic carbocycles. The van der Waals surface area contributed by atoms with Crippen LogP contribution in [-0.4, -0.2) is 51.1 Å². The average Bonchev–Trinajstić information content (AvgIpc) is 3.45. The fourth-order valence-electron chi connectivity index (χ4n) is 3.41. The number of aromatic carboxylic acids is 2. The second-order valence-electron chi connectivity index (χ2n) is 7.73. The molecule has 11 heteroatoms. The summed E-state index contributed by atoms with van der Waals surface area (Å²) in [5.41, 5.74) is 1.28. The van der Waals surface area contributed by atoms with Crippen LogP contribution in [0.4, 0.5) is 0 Å². The van der Waals surface area contributed by atoms with Crippen molar-refractivity contribution in [3.05, 3.63) is 84.2 Å². The van der Waals surface area contributed by atoms with Crippen molar-refractivity contribution in [3.63, 3.8) is 0 Å². The molecule has 1 saturated heterocycles. The minimum Gasteiger partial charge on any atom is -0.543 e. The molecule has 8 nitrogen and oxygen atoms in total. The molecule has 194 valence electrons. The molecule has 0 amide bonds. The summed E-state index contributed by atoms with van der Waals surface area (Å²) < 4.78 is 0. The SMILES string of the molecule is CC(=N)N1CCCC1.ClCCl.O=C([O-])c1ccc2ccccc2n1.O=C([O-])c1ccc2ccccc2n1.[Zn+2]. The second-order valence-corrected chi connectivity index (χ2v) is 8.54. The van der Waals surface area contributed by atoms with Crippen molar-refractivity contribution in [1.29, 1.82) is 5.41 Å². The van der Waals surface area contributed by atoms with E-state index in [4.69, 9.17) is 28.6 Å². The zero-order valence-corrected chi connectivity index (χ0v) is 25.4. The van der Waals surface area contributed by atoms with E-state index in [1.165, 1.54) is 25.0 Å². The Morgan fingerprint density at radius 3 is 1.47 bits per heavy atom. The predicted octanol–water partition coefficient (Wildman–Crippen LogP) is 3.69. The van der Waals surface area contributed by atoms with Crippen LogP contribution in [0.2, 0.25) is 0 Å². The molecule has 0 bridgehead atoms. The molecule has 5 rings (SSSR count). The van der Waals surface area contributed by atoms with Crippen molar-refractivity contribution in [2.75, 3.05) is 18.4 Å². The van der Waals surface area contributed by atoms with Gasteiger partial charge in [-0.05, 0) is 44.0 Å².